The molecule has 11 heavy (non-hydrogen) atoms. The van der Waals surface area contributed by atoms with E-state index in [1.807, 2.05) is 0 Å². The van der Waals surface area contributed by atoms with Gasteiger partial charge >= 0.3 is 0 Å². The lowest BCUT2D eigenvalue weighted by molar-refractivity contribution is 0.130. The van der Waals surface area contributed by atoms with E-state index in [1.165, 1.54) is 6.42 Å². The largest absolute Gasteiger partial charge is 0.288 e. The number of hydrogen-bond acceptors (Lipinski definition) is 1. The summed E-state index contributed by atoms with van der Waals surface area (Å²) in [5.41, 5.74) is 0.324. The van der Waals surface area contributed by atoms with Crippen LogP contribution in [0.1, 0.15) is 34.1 Å². The van der Waals surface area contributed by atoms with Crippen LogP contribution in [0, 0.1) is 0 Å². The Morgan fingerprint density at radius 3 is 2.45 bits per heavy atom. The second-order valence-electron chi connectivity index (χ2n) is 4.23. The van der Waals surface area contributed by atoms with Crippen molar-refractivity contribution < 1.29 is 0 Å². The first-order valence-corrected chi connectivity index (χ1v) is 4.49. The van der Waals surface area contributed by atoms with Gasteiger partial charge in [-0.05, 0) is 27.2 Å². The van der Waals surface area contributed by atoms with Gasteiger partial charge in [0, 0.05) is 18.1 Å². The molecular weight excluding hydrogens is 134 g/mol. The molecule has 1 aliphatic rings. The van der Waals surface area contributed by atoms with E-state index in [0.717, 1.165) is 6.54 Å². The minimum absolute atomic E-state index is 0.324. The Balaban J connectivity index is 2.61. The van der Waals surface area contributed by atoms with Crippen molar-refractivity contribution in [1.82, 2.24) is 4.90 Å². The maximum absolute atomic E-state index is 2.53. The summed E-state index contributed by atoms with van der Waals surface area (Å²) in [5, 5.41) is 0. The van der Waals surface area contributed by atoms with Crippen molar-refractivity contribution in [3.63, 3.8) is 0 Å². The van der Waals surface area contributed by atoms with E-state index in [2.05, 4.69) is 44.7 Å². The molecular formula is C10H19N. The van der Waals surface area contributed by atoms with E-state index in [0.29, 0.717) is 11.6 Å². The Kier molecular flexibility index (Phi) is 2.38. The Hall–Kier alpha value is -0.300. The summed E-state index contributed by atoms with van der Waals surface area (Å²) in [6, 6.07) is 0.676. The van der Waals surface area contributed by atoms with Crippen LogP contribution in [0.5, 0.6) is 0 Å². The molecule has 0 saturated heterocycles. The van der Waals surface area contributed by atoms with Gasteiger partial charge in [-0.15, -0.1) is 0 Å². The zero-order valence-corrected chi connectivity index (χ0v) is 8.09. The van der Waals surface area contributed by atoms with Gasteiger partial charge in [0.05, 0.1) is 0 Å². The van der Waals surface area contributed by atoms with Gasteiger partial charge in [-0.1, -0.05) is 19.1 Å². The van der Waals surface area contributed by atoms with Crippen LogP contribution in [0.2, 0.25) is 0 Å². The summed E-state index contributed by atoms with van der Waals surface area (Å²) in [4.78, 5) is 2.53. The lowest BCUT2D eigenvalue weighted by atomic mass is 10.0. The van der Waals surface area contributed by atoms with Crippen LogP contribution in [0.3, 0.4) is 0 Å². The third-order valence-corrected chi connectivity index (χ3v) is 2.34. The van der Waals surface area contributed by atoms with E-state index in [4.69, 9.17) is 0 Å². The molecule has 0 radical (unpaired) electrons. The fourth-order valence-electron chi connectivity index (χ4n) is 1.70. The average Bonchev–Trinajstić information content (AvgIpc) is 2.31. The third kappa shape index (κ3) is 1.84. The lowest BCUT2D eigenvalue weighted by Crippen LogP contribution is -2.44. The van der Waals surface area contributed by atoms with Crippen molar-refractivity contribution in [1.29, 1.82) is 0 Å². The van der Waals surface area contributed by atoms with E-state index in [-0.39, 0.29) is 0 Å². The maximum Gasteiger partial charge on any atom is 0.0284 e. The molecule has 1 heterocycles. The highest BCUT2D eigenvalue weighted by Crippen LogP contribution is 2.23. The van der Waals surface area contributed by atoms with Gasteiger partial charge in [0.1, 0.15) is 0 Å². The number of hydrogen-bond donors (Lipinski definition) is 0. The molecule has 0 saturated carbocycles. The first kappa shape index (κ1) is 8.79. The molecule has 1 rings (SSSR count). The molecule has 1 unspecified atom stereocenters. The standard InChI is InChI=1S/C10H19N/c1-5-9-7-6-8-11(9)10(2,3)4/h6-7,9H,5,8H2,1-4H3. The van der Waals surface area contributed by atoms with Crippen molar-refractivity contribution in [3.05, 3.63) is 12.2 Å². The molecule has 1 nitrogen and oxygen atoms in total. The Bertz CT molecular complexity index is 153. The lowest BCUT2D eigenvalue weighted by Gasteiger charge is -2.36. The van der Waals surface area contributed by atoms with Crippen molar-refractivity contribution in [2.45, 2.75) is 45.7 Å². The molecule has 0 fully saturated rings. The monoisotopic (exact) mass is 153 g/mol. The summed E-state index contributed by atoms with van der Waals surface area (Å²) >= 11 is 0. The fourth-order valence-corrected chi connectivity index (χ4v) is 1.70. The van der Waals surface area contributed by atoms with Crippen LogP contribution in [-0.2, 0) is 0 Å². The van der Waals surface area contributed by atoms with Gasteiger partial charge in [-0.25, -0.2) is 0 Å². The first-order valence-electron chi connectivity index (χ1n) is 4.49. The van der Waals surface area contributed by atoms with E-state index >= 15 is 0 Å². The van der Waals surface area contributed by atoms with Crippen molar-refractivity contribution >= 4 is 0 Å². The summed E-state index contributed by atoms with van der Waals surface area (Å²) in [7, 11) is 0. The molecule has 64 valence electrons. The molecule has 1 atom stereocenters. The quantitative estimate of drug-likeness (QED) is 0.523. The molecule has 0 bridgehead atoms. The Labute approximate surface area is 70.1 Å². The van der Waals surface area contributed by atoms with Gasteiger partial charge in [0.15, 0.2) is 0 Å². The van der Waals surface area contributed by atoms with Gasteiger partial charge in [-0.2, -0.15) is 0 Å². The van der Waals surface area contributed by atoms with Crippen LogP contribution in [0.4, 0.5) is 0 Å². The second kappa shape index (κ2) is 2.98. The maximum atomic E-state index is 2.53. The molecule has 0 amide bonds. The predicted octanol–water partition coefficient (Wildman–Crippen LogP) is 2.44. The van der Waals surface area contributed by atoms with Gasteiger partial charge in [-0.3, -0.25) is 4.90 Å². The average molecular weight is 153 g/mol. The number of rotatable bonds is 1. The Morgan fingerprint density at radius 2 is 2.09 bits per heavy atom. The molecule has 0 aliphatic carbocycles. The minimum Gasteiger partial charge on any atom is -0.288 e. The Morgan fingerprint density at radius 1 is 1.45 bits per heavy atom. The van der Waals surface area contributed by atoms with Gasteiger partial charge < -0.3 is 0 Å². The molecule has 0 N–H and O–H groups in total. The van der Waals surface area contributed by atoms with Crippen molar-refractivity contribution in [2.75, 3.05) is 6.54 Å². The highest BCUT2D eigenvalue weighted by molar-refractivity contribution is 5.06. The van der Waals surface area contributed by atoms with Crippen LogP contribution in [-0.4, -0.2) is 23.0 Å². The van der Waals surface area contributed by atoms with E-state index < -0.39 is 0 Å². The fraction of sp³-hybridized carbons (Fsp3) is 0.800. The summed E-state index contributed by atoms with van der Waals surface area (Å²) < 4.78 is 0. The van der Waals surface area contributed by atoms with E-state index in [9.17, 15) is 0 Å². The summed E-state index contributed by atoms with van der Waals surface area (Å²) in [6.07, 6.45) is 5.83. The second-order valence-corrected chi connectivity index (χ2v) is 4.23. The van der Waals surface area contributed by atoms with Crippen molar-refractivity contribution in [2.24, 2.45) is 0 Å². The topological polar surface area (TPSA) is 3.24 Å². The first-order chi connectivity index (χ1) is 5.05. The molecule has 0 aromatic heterocycles. The minimum atomic E-state index is 0.324. The number of nitrogens with zero attached hydrogens (tertiary/aromatic N) is 1. The predicted molar refractivity (Wildman–Crippen MR) is 49.7 cm³/mol. The van der Waals surface area contributed by atoms with Crippen molar-refractivity contribution in [3.8, 4) is 0 Å². The van der Waals surface area contributed by atoms with Gasteiger partial charge in [0.25, 0.3) is 0 Å². The normalized spacial score (nSPS) is 26.4. The molecule has 0 aromatic carbocycles. The van der Waals surface area contributed by atoms with Crippen LogP contribution < -0.4 is 0 Å². The smallest absolute Gasteiger partial charge is 0.0284 e. The molecule has 1 heteroatoms. The highest BCUT2D eigenvalue weighted by atomic mass is 15.2. The zero-order chi connectivity index (χ0) is 8.48. The third-order valence-electron chi connectivity index (χ3n) is 2.34. The molecule has 0 aromatic rings. The molecule has 1 aliphatic heterocycles. The molecule has 0 spiro atoms. The van der Waals surface area contributed by atoms with Crippen LogP contribution in [0.25, 0.3) is 0 Å². The highest BCUT2D eigenvalue weighted by Gasteiger charge is 2.27. The van der Waals surface area contributed by atoms with Gasteiger partial charge in [0.2, 0.25) is 0 Å². The zero-order valence-electron chi connectivity index (χ0n) is 8.09. The van der Waals surface area contributed by atoms with Crippen LogP contribution >= 0.6 is 0 Å². The SMILES string of the molecule is CCC1C=CCN1C(C)(C)C. The van der Waals surface area contributed by atoms with Crippen LogP contribution in [0.15, 0.2) is 12.2 Å². The summed E-state index contributed by atoms with van der Waals surface area (Å²) in [6.45, 7) is 10.2. The van der Waals surface area contributed by atoms with E-state index in [1.54, 1.807) is 0 Å². The summed E-state index contributed by atoms with van der Waals surface area (Å²) in [5.74, 6) is 0.